The fraction of sp³-hybridized carbons (Fsp3) is 0.318. The molecule has 2 N–H and O–H groups in total. The molecule has 1 aliphatic rings. The minimum absolute atomic E-state index is 0.227. The van der Waals surface area contributed by atoms with E-state index in [1.165, 1.54) is 23.3 Å². The minimum Gasteiger partial charge on any atom is -0.382 e. The standard InChI is InChI=1S/C22H26N6O2S/c23-22-17-25-21(16-26-22)18-6-8-20(9-7-18)31(29,30)28(19-5-3-10-24-15-19)14-4-13-27-11-1-2-12-27/h3,5-10,15-17H,1-2,4,11-14H2,(H2,23,26). The van der Waals surface area contributed by atoms with E-state index in [9.17, 15) is 8.42 Å². The van der Waals surface area contributed by atoms with Gasteiger partial charge in [0.2, 0.25) is 0 Å². The third-order valence-electron chi connectivity index (χ3n) is 5.38. The van der Waals surface area contributed by atoms with Gasteiger partial charge in [0.1, 0.15) is 5.82 Å². The zero-order chi connectivity index (χ0) is 21.7. The summed E-state index contributed by atoms with van der Waals surface area (Å²) < 4.78 is 28.4. The molecule has 0 aliphatic carbocycles. The molecule has 1 aliphatic heterocycles. The van der Waals surface area contributed by atoms with Gasteiger partial charge in [-0.05, 0) is 63.2 Å². The number of nitrogen functional groups attached to an aromatic ring is 1. The number of hydrogen-bond donors (Lipinski definition) is 1. The Hall–Kier alpha value is -3.04. The van der Waals surface area contributed by atoms with Crippen molar-refractivity contribution >= 4 is 21.5 Å². The second-order valence-corrected chi connectivity index (χ2v) is 9.40. The average Bonchev–Trinajstić information content (AvgIpc) is 3.31. The molecule has 0 radical (unpaired) electrons. The third-order valence-corrected chi connectivity index (χ3v) is 7.22. The van der Waals surface area contributed by atoms with Crippen LogP contribution in [-0.4, -0.2) is 54.4 Å². The first kappa shape index (κ1) is 21.2. The Morgan fingerprint density at radius 1 is 1.00 bits per heavy atom. The highest BCUT2D eigenvalue weighted by atomic mass is 32.2. The molecule has 0 amide bonds. The summed E-state index contributed by atoms with van der Waals surface area (Å²) in [5.74, 6) is 0.337. The second kappa shape index (κ2) is 9.40. The van der Waals surface area contributed by atoms with E-state index in [1.807, 2.05) is 0 Å². The van der Waals surface area contributed by atoms with E-state index in [4.69, 9.17) is 5.73 Å². The third kappa shape index (κ3) is 5.00. The summed E-state index contributed by atoms with van der Waals surface area (Å²) in [5, 5.41) is 0. The summed E-state index contributed by atoms with van der Waals surface area (Å²) in [6.45, 7) is 3.47. The predicted molar refractivity (Wildman–Crippen MR) is 121 cm³/mol. The Balaban J connectivity index is 1.56. The van der Waals surface area contributed by atoms with E-state index < -0.39 is 10.0 Å². The van der Waals surface area contributed by atoms with Gasteiger partial charge in [-0.15, -0.1) is 0 Å². The van der Waals surface area contributed by atoms with Crippen LogP contribution in [0.25, 0.3) is 11.3 Å². The van der Waals surface area contributed by atoms with Gasteiger partial charge in [0.25, 0.3) is 10.0 Å². The van der Waals surface area contributed by atoms with Crippen LogP contribution in [0.2, 0.25) is 0 Å². The number of aromatic nitrogens is 3. The number of rotatable bonds is 8. The molecule has 3 aromatic rings. The van der Waals surface area contributed by atoms with Crippen LogP contribution < -0.4 is 10.0 Å². The van der Waals surface area contributed by atoms with Crippen molar-refractivity contribution in [1.82, 2.24) is 19.9 Å². The fourth-order valence-corrected chi connectivity index (χ4v) is 5.23. The number of anilines is 2. The van der Waals surface area contributed by atoms with E-state index in [1.54, 1.807) is 55.0 Å². The molecule has 162 valence electrons. The highest BCUT2D eigenvalue weighted by molar-refractivity contribution is 7.92. The van der Waals surface area contributed by atoms with Crippen LogP contribution in [0.3, 0.4) is 0 Å². The van der Waals surface area contributed by atoms with Crippen LogP contribution >= 0.6 is 0 Å². The molecule has 31 heavy (non-hydrogen) atoms. The summed E-state index contributed by atoms with van der Waals surface area (Å²) >= 11 is 0. The molecular weight excluding hydrogens is 412 g/mol. The summed E-state index contributed by atoms with van der Waals surface area (Å²) in [6.07, 6.45) is 9.47. The molecular formula is C22H26N6O2S. The van der Waals surface area contributed by atoms with Gasteiger partial charge < -0.3 is 10.6 Å². The van der Waals surface area contributed by atoms with Crippen molar-refractivity contribution in [3.63, 3.8) is 0 Å². The van der Waals surface area contributed by atoms with Crippen LogP contribution in [0.15, 0.2) is 66.1 Å². The maximum absolute atomic E-state index is 13.5. The second-order valence-electron chi connectivity index (χ2n) is 7.54. The Morgan fingerprint density at radius 3 is 2.42 bits per heavy atom. The van der Waals surface area contributed by atoms with E-state index in [0.717, 1.165) is 31.6 Å². The lowest BCUT2D eigenvalue weighted by Gasteiger charge is -2.25. The molecule has 2 aromatic heterocycles. The smallest absolute Gasteiger partial charge is 0.264 e. The number of hydrogen-bond acceptors (Lipinski definition) is 7. The molecule has 9 heteroatoms. The highest BCUT2D eigenvalue weighted by Crippen LogP contribution is 2.25. The molecule has 0 bridgehead atoms. The van der Waals surface area contributed by atoms with Crippen molar-refractivity contribution in [2.24, 2.45) is 0 Å². The lowest BCUT2D eigenvalue weighted by Crippen LogP contribution is -2.34. The van der Waals surface area contributed by atoms with Crippen molar-refractivity contribution in [2.45, 2.75) is 24.2 Å². The van der Waals surface area contributed by atoms with Crippen LogP contribution in [0.4, 0.5) is 11.5 Å². The first-order valence-electron chi connectivity index (χ1n) is 10.4. The number of nitrogens with two attached hydrogens (primary N) is 1. The van der Waals surface area contributed by atoms with Crippen LogP contribution in [0, 0.1) is 0 Å². The molecule has 0 unspecified atom stereocenters. The van der Waals surface area contributed by atoms with E-state index in [-0.39, 0.29) is 4.90 Å². The zero-order valence-corrected chi connectivity index (χ0v) is 18.1. The topological polar surface area (TPSA) is 105 Å². The molecule has 1 fully saturated rings. The Bertz CT molecular complexity index is 1080. The molecule has 1 aromatic carbocycles. The molecule has 0 atom stereocenters. The average molecular weight is 439 g/mol. The first-order chi connectivity index (χ1) is 15.0. The van der Waals surface area contributed by atoms with Gasteiger partial charge >= 0.3 is 0 Å². The van der Waals surface area contributed by atoms with Gasteiger partial charge in [-0.3, -0.25) is 14.3 Å². The molecule has 3 heterocycles. The lowest BCUT2D eigenvalue weighted by molar-refractivity contribution is 0.336. The molecule has 8 nitrogen and oxygen atoms in total. The molecule has 1 saturated heterocycles. The van der Waals surface area contributed by atoms with Crippen molar-refractivity contribution in [1.29, 1.82) is 0 Å². The van der Waals surface area contributed by atoms with Crippen molar-refractivity contribution < 1.29 is 8.42 Å². The SMILES string of the molecule is Nc1cnc(-c2ccc(S(=O)(=O)N(CCCN3CCCC3)c3cccnc3)cc2)cn1. The molecule has 0 spiro atoms. The summed E-state index contributed by atoms with van der Waals surface area (Å²) in [5.41, 5.74) is 7.56. The normalized spacial score (nSPS) is 14.6. The highest BCUT2D eigenvalue weighted by Gasteiger charge is 2.25. The van der Waals surface area contributed by atoms with Gasteiger partial charge in [0, 0.05) is 18.3 Å². The van der Waals surface area contributed by atoms with Crippen molar-refractivity contribution in [3.8, 4) is 11.3 Å². The van der Waals surface area contributed by atoms with Gasteiger partial charge in [-0.25, -0.2) is 13.4 Å². The predicted octanol–water partition coefficient (Wildman–Crippen LogP) is 2.80. The number of benzene rings is 1. The Morgan fingerprint density at radius 2 is 1.77 bits per heavy atom. The van der Waals surface area contributed by atoms with Gasteiger partial charge in [0.15, 0.2) is 0 Å². The Kier molecular flexibility index (Phi) is 6.43. The van der Waals surface area contributed by atoms with Crippen LogP contribution in [0.5, 0.6) is 0 Å². The van der Waals surface area contributed by atoms with Gasteiger partial charge in [-0.2, -0.15) is 0 Å². The van der Waals surface area contributed by atoms with Crippen molar-refractivity contribution in [2.75, 3.05) is 36.2 Å². The largest absolute Gasteiger partial charge is 0.382 e. The number of nitrogens with zero attached hydrogens (tertiary/aromatic N) is 5. The van der Waals surface area contributed by atoms with E-state index >= 15 is 0 Å². The maximum atomic E-state index is 13.5. The minimum atomic E-state index is -3.74. The summed E-state index contributed by atoms with van der Waals surface area (Å²) in [4.78, 5) is 15.0. The summed E-state index contributed by atoms with van der Waals surface area (Å²) in [7, 11) is -3.74. The first-order valence-corrected chi connectivity index (χ1v) is 11.8. The monoisotopic (exact) mass is 438 g/mol. The van der Waals surface area contributed by atoms with Gasteiger partial charge in [0.05, 0.1) is 34.9 Å². The Labute approximate surface area is 182 Å². The molecule has 0 saturated carbocycles. The zero-order valence-electron chi connectivity index (χ0n) is 17.3. The van der Waals surface area contributed by atoms with Crippen LogP contribution in [-0.2, 0) is 10.0 Å². The fourth-order valence-electron chi connectivity index (χ4n) is 3.75. The number of likely N-dealkylation sites (tertiary alicyclic amines) is 1. The van der Waals surface area contributed by atoms with Crippen molar-refractivity contribution in [3.05, 3.63) is 61.2 Å². The lowest BCUT2D eigenvalue weighted by atomic mass is 10.2. The number of pyridine rings is 1. The van der Waals surface area contributed by atoms with E-state index in [2.05, 4.69) is 19.9 Å². The van der Waals surface area contributed by atoms with Crippen LogP contribution in [0.1, 0.15) is 19.3 Å². The number of sulfonamides is 1. The quantitative estimate of drug-likeness (QED) is 0.576. The van der Waals surface area contributed by atoms with E-state index in [0.29, 0.717) is 23.7 Å². The summed E-state index contributed by atoms with van der Waals surface area (Å²) in [6, 6.07) is 10.2. The maximum Gasteiger partial charge on any atom is 0.264 e. The van der Waals surface area contributed by atoms with Gasteiger partial charge in [-0.1, -0.05) is 12.1 Å². The molecule has 4 rings (SSSR count).